The number of hydrogen-bond acceptors (Lipinski definition) is 3. The minimum absolute atomic E-state index is 0.388. The Morgan fingerprint density at radius 2 is 2.20 bits per heavy atom. The number of hydrogen-bond donors (Lipinski definition) is 0. The van der Waals surface area contributed by atoms with E-state index in [4.69, 9.17) is 11.6 Å². The highest BCUT2D eigenvalue weighted by atomic mass is 35.5. The number of methoxy groups -OCH3 is 1. The van der Waals surface area contributed by atoms with E-state index in [1.165, 1.54) is 0 Å². The van der Waals surface area contributed by atoms with Crippen LogP contribution in [0.2, 0.25) is 5.15 Å². The Morgan fingerprint density at radius 1 is 1.60 bits per heavy atom. The second-order valence-corrected chi connectivity index (χ2v) is 2.84. The van der Waals surface area contributed by atoms with Gasteiger partial charge in [-0.05, 0) is 6.07 Å². The minimum Gasteiger partial charge on any atom is -0.465 e. The van der Waals surface area contributed by atoms with Crippen LogP contribution < -0.4 is 0 Å². The smallest absolute Gasteiger partial charge is 0.341 e. The van der Waals surface area contributed by atoms with Crippen LogP contribution >= 0.6 is 11.6 Å². The fraction of sp³-hybridized carbons (Fsp3) is 0.250. The van der Waals surface area contributed by atoms with Gasteiger partial charge in [0, 0.05) is 0 Å². The number of carbonyl (C=O) groups is 1. The molecule has 1 aromatic rings. The first kappa shape index (κ1) is 11.8. The number of halogens is 4. The largest absolute Gasteiger partial charge is 0.465 e. The lowest BCUT2D eigenvalue weighted by Gasteiger charge is -2.05. The lowest BCUT2D eigenvalue weighted by atomic mass is 10.2. The summed E-state index contributed by atoms with van der Waals surface area (Å²) in [6.07, 6.45) is -3.09. The fourth-order valence-corrected chi connectivity index (χ4v) is 1.11. The summed E-state index contributed by atoms with van der Waals surface area (Å²) in [5.74, 6) is -2.23. The third kappa shape index (κ3) is 2.38. The highest BCUT2D eigenvalue weighted by Gasteiger charge is 2.21. The van der Waals surface area contributed by atoms with Crippen LogP contribution in [0.3, 0.4) is 0 Å². The molecule has 0 aliphatic heterocycles. The molecule has 1 heterocycles. The molecule has 3 nitrogen and oxygen atoms in total. The lowest BCUT2D eigenvalue weighted by Crippen LogP contribution is -2.07. The molecule has 0 N–H and O–H groups in total. The van der Waals surface area contributed by atoms with Crippen molar-refractivity contribution < 1.29 is 22.7 Å². The number of nitrogens with zero attached hydrogens (tertiary/aromatic N) is 1. The molecule has 0 spiro atoms. The van der Waals surface area contributed by atoms with E-state index >= 15 is 0 Å². The predicted octanol–water partition coefficient (Wildman–Crippen LogP) is 2.60. The summed E-state index contributed by atoms with van der Waals surface area (Å²) in [6.45, 7) is 0. The summed E-state index contributed by atoms with van der Waals surface area (Å²) in [5, 5.41) is -0.515. The minimum atomic E-state index is -3.09. The summed E-state index contributed by atoms with van der Waals surface area (Å²) in [4.78, 5) is 14.0. The van der Waals surface area contributed by atoms with E-state index in [0.29, 0.717) is 6.07 Å². The zero-order valence-corrected chi connectivity index (χ0v) is 8.19. The number of alkyl halides is 2. The van der Waals surface area contributed by atoms with E-state index in [0.717, 1.165) is 7.11 Å². The molecule has 0 aliphatic rings. The molecule has 82 valence electrons. The topological polar surface area (TPSA) is 39.2 Å². The van der Waals surface area contributed by atoms with Crippen molar-refractivity contribution in [2.75, 3.05) is 7.11 Å². The Labute approximate surface area is 87.8 Å². The maximum Gasteiger partial charge on any atom is 0.341 e. The van der Waals surface area contributed by atoms with Gasteiger partial charge in [-0.1, -0.05) is 11.6 Å². The Bertz CT molecular complexity index is 398. The molecule has 0 atom stereocenters. The SMILES string of the molecule is COC(=O)c1cc(F)c(C(F)F)nc1Cl. The van der Waals surface area contributed by atoms with Gasteiger partial charge in [-0.3, -0.25) is 0 Å². The number of carbonyl (C=O) groups excluding carboxylic acids is 1. The van der Waals surface area contributed by atoms with Gasteiger partial charge in [0.15, 0.2) is 5.82 Å². The molecule has 0 fully saturated rings. The maximum absolute atomic E-state index is 13.0. The first-order valence-corrected chi connectivity index (χ1v) is 4.07. The molecule has 0 amide bonds. The molecule has 0 radical (unpaired) electrons. The Hall–Kier alpha value is -1.30. The summed E-state index contributed by atoms with van der Waals surface area (Å²) < 4.78 is 41.5. The molecular formula is C8H5ClF3NO2. The van der Waals surface area contributed by atoms with Crippen molar-refractivity contribution in [2.24, 2.45) is 0 Å². The van der Waals surface area contributed by atoms with Crippen molar-refractivity contribution in [1.82, 2.24) is 4.98 Å². The van der Waals surface area contributed by atoms with Gasteiger partial charge in [0.2, 0.25) is 0 Å². The zero-order chi connectivity index (χ0) is 11.6. The predicted molar refractivity (Wildman–Crippen MR) is 45.5 cm³/mol. The maximum atomic E-state index is 13.0. The second-order valence-electron chi connectivity index (χ2n) is 2.49. The van der Waals surface area contributed by atoms with E-state index < -0.39 is 29.1 Å². The lowest BCUT2D eigenvalue weighted by molar-refractivity contribution is 0.0599. The summed E-state index contributed by atoms with van der Waals surface area (Å²) >= 11 is 5.41. The first-order valence-electron chi connectivity index (χ1n) is 3.69. The number of ether oxygens (including phenoxy) is 1. The molecule has 0 saturated heterocycles. The Kier molecular flexibility index (Phi) is 3.52. The molecule has 0 saturated carbocycles. The third-order valence-electron chi connectivity index (χ3n) is 1.57. The van der Waals surface area contributed by atoms with Gasteiger partial charge >= 0.3 is 5.97 Å². The van der Waals surface area contributed by atoms with Crippen molar-refractivity contribution >= 4 is 17.6 Å². The highest BCUT2D eigenvalue weighted by Crippen LogP contribution is 2.24. The normalized spacial score (nSPS) is 10.5. The van der Waals surface area contributed by atoms with Crippen LogP contribution in [0.1, 0.15) is 22.5 Å². The van der Waals surface area contributed by atoms with Crippen LogP contribution in [0.25, 0.3) is 0 Å². The molecule has 7 heteroatoms. The average Bonchev–Trinajstić information content (AvgIpc) is 2.19. The monoisotopic (exact) mass is 239 g/mol. The van der Waals surface area contributed by atoms with E-state index in [-0.39, 0.29) is 5.56 Å². The average molecular weight is 240 g/mol. The van der Waals surface area contributed by atoms with Crippen molar-refractivity contribution in [3.05, 3.63) is 28.3 Å². The standard InChI is InChI=1S/C8H5ClF3NO2/c1-15-8(14)3-2-4(10)5(7(11)12)13-6(3)9/h2,7H,1H3. The van der Waals surface area contributed by atoms with Crippen molar-refractivity contribution in [2.45, 2.75) is 6.43 Å². The first-order chi connectivity index (χ1) is 6.97. The second kappa shape index (κ2) is 4.48. The van der Waals surface area contributed by atoms with Gasteiger partial charge in [-0.15, -0.1) is 0 Å². The summed E-state index contributed by atoms with van der Waals surface area (Å²) in [6, 6.07) is 0.572. The molecule has 1 aromatic heterocycles. The molecule has 0 aromatic carbocycles. The molecule has 15 heavy (non-hydrogen) atoms. The van der Waals surface area contributed by atoms with Gasteiger partial charge in [-0.25, -0.2) is 22.9 Å². The number of pyridine rings is 1. The van der Waals surface area contributed by atoms with Gasteiger partial charge < -0.3 is 4.74 Å². The quantitative estimate of drug-likeness (QED) is 0.588. The zero-order valence-electron chi connectivity index (χ0n) is 7.43. The van der Waals surface area contributed by atoms with E-state index in [1.807, 2.05) is 0 Å². The van der Waals surface area contributed by atoms with Crippen molar-refractivity contribution in [1.29, 1.82) is 0 Å². The number of aromatic nitrogens is 1. The van der Waals surface area contributed by atoms with E-state index in [9.17, 15) is 18.0 Å². The van der Waals surface area contributed by atoms with Crippen molar-refractivity contribution in [3.8, 4) is 0 Å². The van der Waals surface area contributed by atoms with Crippen LogP contribution in [0.5, 0.6) is 0 Å². The van der Waals surface area contributed by atoms with E-state index in [2.05, 4.69) is 9.72 Å². The molecule has 0 unspecified atom stereocenters. The molecule has 0 bridgehead atoms. The molecule has 1 rings (SSSR count). The van der Waals surface area contributed by atoms with Gasteiger partial charge in [-0.2, -0.15) is 0 Å². The molecular weight excluding hydrogens is 235 g/mol. The number of esters is 1. The van der Waals surface area contributed by atoms with Gasteiger partial charge in [0.25, 0.3) is 6.43 Å². The highest BCUT2D eigenvalue weighted by molar-refractivity contribution is 6.32. The van der Waals surface area contributed by atoms with Crippen LogP contribution in [0.15, 0.2) is 6.07 Å². The van der Waals surface area contributed by atoms with Crippen LogP contribution in [-0.2, 0) is 4.74 Å². The fourth-order valence-electron chi connectivity index (χ4n) is 0.886. The van der Waals surface area contributed by atoms with Gasteiger partial charge in [0.1, 0.15) is 10.8 Å². The van der Waals surface area contributed by atoms with Crippen LogP contribution in [0.4, 0.5) is 13.2 Å². The third-order valence-corrected chi connectivity index (χ3v) is 1.86. The van der Waals surface area contributed by atoms with E-state index in [1.54, 1.807) is 0 Å². The number of rotatable bonds is 2. The van der Waals surface area contributed by atoms with Crippen molar-refractivity contribution in [3.63, 3.8) is 0 Å². The summed E-state index contributed by atoms with van der Waals surface area (Å²) in [5.41, 5.74) is -1.48. The summed E-state index contributed by atoms with van der Waals surface area (Å²) in [7, 11) is 1.05. The van der Waals surface area contributed by atoms with Gasteiger partial charge in [0.05, 0.1) is 12.7 Å². The Balaban J connectivity index is 3.25. The molecule has 0 aliphatic carbocycles. The van der Waals surface area contributed by atoms with Crippen LogP contribution in [0, 0.1) is 5.82 Å². The Morgan fingerprint density at radius 3 is 2.67 bits per heavy atom. The van der Waals surface area contributed by atoms with Crippen LogP contribution in [-0.4, -0.2) is 18.1 Å².